The molecular weight excluding hydrogens is 238 g/mol. The Labute approximate surface area is 119 Å². The van der Waals surface area contributed by atoms with Crippen molar-refractivity contribution in [2.45, 2.75) is 65.0 Å². The molecule has 0 aromatic rings. The van der Waals surface area contributed by atoms with Gasteiger partial charge in [0.2, 0.25) is 0 Å². The molecule has 0 heterocycles. The fourth-order valence-corrected chi connectivity index (χ4v) is 3.28. The second-order valence-corrected chi connectivity index (χ2v) is 6.38. The second kappa shape index (κ2) is 8.93. The largest absolute Gasteiger partial charge is 0.393 e. The third-order valence-corrected chi connectivity index (χ3v) is 4.53. The van der Waals surface area contributed by atoms with Crippen LogP contribution in [0, 0.1) is 11.8 Å². The van der Waals surface area contributed by atoms with Gasteiger partial charge < -0.3 is 9.84 Å². The molecule has 0 aromatic heterocycles. The number of ether oxygens (including phenoxy) is 1. The Balaban J connectivity index is 2.49. The van der Waals surface area contributed by atoms with E-state index < -0.39 is 0 Å². The second-order valence-electron chi connectivity index (χ2n) is 6.38. The maximum absolute atomic E-state index is 10.3. The third-order valence-electron chi connectivity index (χ3n) is 4.53. The Morgan fingerprint density at radius 2 is 2.05 bits per heavy atom. The Bertz CT molecular complexity index is 233. The van der Waals surface area contributed by atoms with Crippen LogP contribution in [0.25, 0.3) is 0 Å². The zero-order valence-electron chi connectivity index (χ0n) is 13.3. The van der Waals surface area contributed by atoms with Crippen molar-refractivity contribution in [3.05, 3.63) is 0 Å². The van der Waals surface area contributed by atoms with Crippen molar-refractivity contribution in [1.82, 2.24) is 4.90 Å². The summed E-state index contributed by atoms with van der Waals surface area (Å²) in [5, 5.41) is 10.3. The van der Waals surface area contributed by atoms with E-state index in [0.29, 0.717) is 12.0 Å². The van der Waals surface area contributed by atoms with Crippen LogP contribution in [0.1, 0.15) is 52.9 Å². The molecule has 1 aliphatic carbocycles. The highest BCUT2D eigenvalue weighted by molar-refractivity contribution is 4.82. The van der Waals surface area contributed by atoms with Crippen LogP contribution in [0.15, 0.2) is 0 Å². The van der Waals surface area contributed by atoms with Crippen LogP contribution < -0.4 is 0 Å². The first kappa shape index (κ1) is 16.9. The van der Waals surface area contributed by atoms with E-state index >= 15 is 0 Å². The molecule has 0 bridgehead atoms. The molecule has 1 fully saturated rings. The monoisotopic (exact) mass is 271 g/mol. The first-order valence-electron chi connectivity index (χ1n) is 7.99. The topological polar surface area (TPSA) is 32.7 Å². The van der Waals surface area contributed by atoms with Gasteiger partial charge in [-0.05, 0) is 44.9 Å². The summed E-state index contributed by atoms with van der Waals surface area (Å²) in [6.07, 6.45) is 5.90. The lowest BCUT2D eigenvalue weighted by atomic mass is 9.77. The van der Waals surface area contributed by atoms with Crippen LogP contribution in [-0.4, -0.2) is 49.0 Å². The number of aliphatic hydroxyl groups is 1. The van der Waals surface area contributed by atoms with Gasteiger partial charge in [-0.3, -0.25) is 4.90 Å². The highest BCUT2D eigenvalue weighted by Gasteiger charge is 2.30. The highest BCUT2D eigenvalue weighted by Crippen LogP contribution is 2.32. The van der Waals surface area contributed by atoms with Crippen molar-refractivity contribution in [1.29, 1.82) is 0 Å². The number of aliphatic hydroxyl groups excluding tert-OH is 1. The van der Waals surface area contributed by atoms with Gasteiger partial charge >= 0.3 is 0 Å². The lowest BCUT2D eigenvalue weighted by Gasteiger charge is -2.38. The average molecular weight is 271 g/mol. The molecule has 0 saturated heterocycles. The van der Waals surface area contributed by atoms with E-state index in [1.165, 1.54) is 25.7 Å². The van der Waals surface area contributed by atoms with Gasteiger partial charge in [-0.1, -0.05) is 19.8 Å². The number of nitrogens with zero attached hydrogens (tertiary/aromatic N) is 1. The fourth-order valence-electron chi connectivity index (χ4n) is 3.28. The zero-order chi connectivity index (χ0) is 14.3. The summed E-state index contributed by atoms with van der Waals surface area (Å²) in [6.45, 7) is 9.49. The van der Waals surface area contributed by atoms with Gasteiger partial charge in [0.1, 0.15) is 0 Å². The molecule has 1 saturated carbocycles. The van der Waals surface area contributed by atoms with Crippen molar-refractivity contribution in [2.75, 3.05) is 26.8 Å². The van der Waals surface area contributed by atoms with Gasteiger partial charge in [-0.15, -0.1) is 0 Å². The molecule has 0 radical (unpaired) electrons. The van der Waals surface area contributed by atoms with Crippen molar-refractivity contribution in [3.63, 3.8) is 0 Å². The minimum atomic E-state index is -0.100. The summed E-state index contributed by atoms with van der Waals surface area (Å²) in [5.74, 6) is 1.28. The summed E-state index contributed by atoms with van der Waals surface area (Å²) in [6, 6.07) is 0.522. The predicted molar refractivity (Wildman–Crippen MR) is 80.3 cm³/mol. The Morgan fingerprint density at radius 1 is 1.32 bits per heavy atom. The van der Waals surface area contributed by atoms with Gasteiger partial charge in [-0.2, -0.15) is 0 Å². The van der Waals surface area contributed by atoms with Gasteiger partial charge in [0.05, 0.1) is 12.7 Å². The Hall–Kier alpha value is -0.120. The molecule has 3 unspecified atom stereocenters. The standard InChI is InChI=1S/C16H33NO2/c1-5-6-14-7-8-16(18)15(11-14)12-17(13(2)3)9-10-19-4/h13-16,18H,5-12H2,1-4H3. The van der Waals surface area contributed by atoms with E-state index in [4.69, 9.17) is 4.74 Å². The van der Waals surface area contributed by atoms with Gasteiger partial charge in [0.15, 0.2) is 0 Å². The Kier molecular flexibility index (Phi) is 7.96. The first-order chi connectivity index (χ1) is 9.08. The number of methoxy groups -OCH3 is 1. The molecule has 0 spiro atoms. The lowest BCUT2D eigenvalue weighted by Crippen LogP contribution is -2.43. The predicted octanol–water partition coefficient (Wildman–Crippen LogP) is 2.92. The van der Waals surface area contributed by atoms with Gasteiger partial charge in [0, 0.05) is 26.2 Å². The van der Waals surface area contributed by atoms with Crippen molar-refractivity contribution in [3.8, 4) is 0 Å². The number of hydrogen-bond acceptors (Lipinski definition) is 3. The van der Waals surface area contributed by atoms with E-state index in [2.05, 4.69) is 25.7 Å². The van der Waals surface area contributed by atoms with Crippen molar-refractivity contribution >= 4 is 0 Å². The summed E-state index contributed by atoms with van der Waals surface area (Å²) in [5.41, 5.74) is 0. The van der Waals surface area contributed by atoms with Crippen LogP contribution in [0.2, 0.25) is 0 Å². The fraction of sp³-hybridized carbons (Fsp3) is 1.00. The molecule has 1 N–H and O–H groups in total. The minimum Gasteiger partial charge on any atom is -0.393 e. The molecule has 3 heteroatoms. The van der Waals surface area contributed by atoms with Crippen LogP contribution in [0.3, 0.4) is 0 Å². The van der Waals surface area contributed by atoms with E-state index in [0.717, 1.165) is 32.0 Å². The van der Waals surface area contributed by atoms with Crippen molar-refractivity contribution in [2.24, 2.45) is 11.8 Å². The van der Waals surface area contributed by atoms with E-state index in [-0.39, 0.29) is 6.10 Å². The van der Waals surface area contributed by atoms with E-state index in [1.807, 2.05) is 0 Å². The SMILES string of the molecule is CCCC1CCC(O)C(CN(CCOC)C(C)C)C1. The van der Waals surface area contributed by atoms with E-state index in [9.17, 15) is 5.11 Å². The molecule has 1 rings (SSSR count). The lowest BCUT2D eigenvalue weighted by molar-refractivity contribution is 0.0146. The molecule has 0 amide bonds. The van der Waals surface area contributed by atoms with Crippen LogP contribution in [0.4, 0.5) is 0 Å². The molecule has 19 heavy (non-hydrogen) atoms. The maximum atomic E-state index is 10.3. The van der Waals surface area contributed by atoms with Crippen LogP contribution in [-0.2, 0) is 4.74 Å². The first-order valence-corrected chi connectivity index (χ1v) is 7.99. The molecule has 3 atom stereocenters. The minimum absolute atomic E-state index is 0.100. The van der Waals surface area contributed by atoms with Crippen LogP contribution >= 0.6 is 0 Å². The zero-order valence-corrected chi connectivity index (χ0v) is 13.3. The van der Waals surface area contributed by atoms with Gasteiger partial charge in [0.25, 0.3) is 0 Å². The molecular formula is C16H33NO2. The molecule has 0 aromatic carbocycles. The quantitative estimate of drug-likeness (QED) is 0.737. The molecule has 0 aliphatic heterocycles. The summed E-state index contributed by atoms with van der Waals surface area (Å²) in [7, 11) is 1.76. The molecule has 114 valence electrons. The maximum Gasteiger partial charge on any atom is 0.0589 e. The summed E-state index contributed by atoms with van der Waals surface area (Å²) in [4.78, 5) is 2.45. The van der Waals surface area contributed by atoms with E-state index in [1.54, 1.807) is 7.11 Å². The Morgan fingerprint density at radius 3 is 2.63 bits per heavy atom. The number of rotatable bonds is 8. The van der Waals surface area contributed by atoms with Crippen LogP contribution in [0.5, 0.6) is 0 Å². The summed E-state index contributed by atoms with van der Waals surface area (Å²) >= 11 is 0. The molecule has 1 aliphatic rings. The molecule has 3 nitrogen and oxygen atoms in total. The van der Waals surface area contributed by atoms with Crippen molar-refractivity contribution < 1.29 is 9.84 Å². The highest BCUT2D eigenvalue weighted by atomic mass is 16.5. The average Bonchev–Trinajstić information content (AvgIpc) is 2.38. The third kappa shape index (κ3) is 5.80. The normalized spacial score (nSPS) is 28.3. The smallest absolute Gasteiger partial charge is 0.0589 e. The summed E-state index contributed by atoms with van der Waals surface area (Å²) < 4.78 is 5.19. The number of hydrogen-bond donors (Lipinski definition) is 1. The van der Waals surface area contributed by atoms with Gasteiger partial charge in [-0.25, -0.2) is 0 Å².